The Balaban J connectivity index is 1.13. The van der Waals surface area contributed by atoms with E-state index < -0.39 is 5.97 Å². The molecule has 1 N–H and O–H groups in total. The minimum Gasteiger partial charge on any atom is -0.494 e. The molecular weight excluding hydrogens is 919 g/mol. The summed E-state index contributed by atoms with van der Waals surface area (Å²) in [6.45, 7) is 12.8. The number of carbonyl (C=O) groups excluding carboxylic acids is 2. The second kappa shape index (κ2) is 22.5. The summed E-state index contributed by atoms with van der Waals surface area (Å²) in [7, 11) is 0. The van der Waals surface area contributed by atoms with E-state index in [1.165, 1.54) is 24.6 Å². The van der Waals surface area contributed by atoms with Gasteiger partial charge in [-0.05, 0) is 121 Å². The Kier molecular flexibility index (Phi) is 15.7. The van der Waals surface area contributed by atoms with Crippen molar-refractivity contribution < 1.29 is 24.2 Å². The van der Waals surface area contributed by atoms with Gasteiger partial charge in [-0.2, -0.15) is 0 Å². The first kappa shape index (κ1) is 49.7. The number of fused-ring (bicyclic) bond motifs is 4. The molecule has 5 heterocycles. The number of rotatable bonds is 24. The van der Waals surface area contributed by atoms with Gasteiger partial charge in [-0.25, -0.2) is 4.79 Å². The Hall–Kier alpha value is -6.23. The first-order valence-corrected chi connectivity index (χ1v) is 27.7. The molecule has 0 saturated heterocycles. The van der Waals surface area contributed by atoms with Crippen molar-refractivity contribution in [2.75, 3.05) is 19.7 Å². The zero-order chi connectivity index (χ0) is 49.6. The minimum absolute atomic E-state index is 0.103. The summed E-state index contributed by atoms with van der Waals surface area (Å²) in [5.41, 5.74) is 7.98. The van der Waals surface area contributed by atoms with Crippen LogP contribution in [0.4, 0.5) is 0 Å². The summed E-state index contributed by atoms with van der Waals surface area (Å²) in [6, 6.07) is 39.0. The zero-order valence-electron chi connectivity index (χ0n) is 42.0. The molecule has 7 aromatic rings. The lowest BCUT2D eigenvalue weighted by molar-refractivity contribution is -0.124. The third kappa shape index (κ3) is 10.2. The molecule has 3 aromatic heterocycles. The van der Waals surface area contributed by atoms with Gasteiger partial charge in [0, 0.05) is 39.3 Å². The Labute approximate surface area is 427 Å². The van der Waals surface area contributed by atoms with Gasteiger partial charge in [-0.1, -0.05) is 129 Å². The van der Waals surface area contributed by atoms with Crippen LogP contribution in [0.2, 0.25) is 0 Å². The van der Waals surface area contributed by atoms with Gasteiger partial charge in [0.15, 0.2) is 0 Å². The van der Waals surface area contributed by atoms with E-state index in [2.05, 4.69) is 118 Å². The molecule has 2 unspecified atom stereocenters. The Morgan fingerprint density at radius 1 is 0.563 bits per heavy atom. The van der Waals surface area contributed by atoms with Crippen LogP contribution in [-0.2, 0) is 9.59 Å². The summed E-state index contributed by atoms with van der Waals surface area (Å²) in [5, 5.41) is 11.9. The first-order chi connectivity index (χ1) is 34.7. The van der Waals surface area contributed by atoms with Gasteiger partial charge in [0.1, 0.15) is 5.75 Å². The number of hydrogen-bond acceptors (Lipinski definition) is 6. The van der Waals surface area contributed by atoms with E-state index in [1.54, 1.807) is 34.8 Å². The van der Waals surface area contributed by atoms with E-state index in [-0.39, 0.29) is 29.2 Å². The molecule has 0 radical (unpaired) electrons. The van der Waals surface area contributed by atoms with Crippen molar-refractivity contribution in [2.45, 2.75) is 112 Å². The van der Waals surface area contributed by atoms with E-state index >= 15 is 9.59 Å². The molecule has 0 saturated carbocycles. The van der Waals surface area contributed by atoms with E-state index in [1.807, 2.05) is 34.1 Å². The van der Waals surface area contributed by atoms with Crippen molar-refractivity contribution in [1.82, 2.24) is 14.4 Å². The number of carboxylic acid groups (broad SMARTS) is 1. The number of unbranched alkanes of at least 4 members (excludes halogenated alkanes) is 5. The fraction of sp³-hybridized carbons (Fsp3) is 0.361. The molecule has 0 spiro atoms. The van der Waals surface area contributed by atoms with Crippen LogP contribution in [0.5, 0.6) is 5.75 Å². The van der Waals surface area contributed by atoms with Crippen molar-refractivity contribution >= 4 is 73.7 Å². The molecule has 8 nitrogen and oxygen atoms in total. The molecule has 0 fully saturated rings. The SMILES string of the molecule is CCCCCCOc1ccc(-n2c3ccccc3c3cc(-c4ccc(C5=C6C(=O)N(CC(CC)CCCC)C(c7ccc(-c8ccc(C(=O)O)cc8)s7)=C6C(=O)N5CC(CC)CCCC)s4)ccc32)cc1. The second-order valence-electron chi connectivity index (χ2n) is 19.3. The quantitative estimate of drug-likeness (QED) is 0.0609. The van der Waals surface area contributed by atoms with E-state index in [0.717, 1.165) is 129 Å². The molecule has 10 heteroatoms. The first-order valence-electron chi connectivity index (χ1n) is 26.1. The number of ether oxygens (including phenoxy) is 1. The van der Waals surface area contributed by atoms with E-state index in [0.29, 0.717) is 29.9 Å². The molecule has 2 atom stereocenters. The maximum absolute atomic E-state index is 15.4. The van der Waals surface area contributed by atoms with Gasteiger partial charge in [0.25, 0.3) is 11.8 Å². The zero-order valence-corrected chi connectivity index (χ0v) is 43.6. The van der Waals surface area contributed by atoms with Crippen molar-refractivity contribution in [2.24, 2.45) is 11.8 Å². The molecule has 9 rings (SSSR count). The molecule has 368 valence electrons. The highest BCUT2D eigenvalue weighted by molar-refractivity contribution is 7.17. The number of carboxylic acids is 1. The summed E-state index contributed by atoms with van der Waals surface area (Å²) in [4.78, 5) is 50.2. The number of nitrogens with zero attached hydrogens (tertiary/aromatic N) is 3. The van der Waals surface area contributed by atoms with Crippen LogP contribution in [0.3, 0.4) is 0 Å². The molecule has 0 bridgehead atoms. The van der Waals surface area contributed by atoms with Gasteiger partial charge in [-0.15, -0.1) is 22.7 Å². The second-order valence-corrected chi connectivity index (χ2v) is 21.5. The number of amides is 2. The maximum Gasteiger partial charge on any atom is 0.335 e. The van der Waals surface area contributed by atoms with Gasteiger partial charge < -0.3 is 24.2 Å². The normalized spacial score (nSPS) is 14.7. The van der Waals surface area contributed by atoms with E-state index in [4.69, 9.17) is 4.74 Å². The van der Waals surface area contributed by atoms with Crippen molar-refractivity contribution in [3.05, 3.63) is 142 Å². The number of para-hydroxylation sites is 1. The topological polar surface area (TPSA) is 92.1 Å². The minimum atomic E-state index is -0.970. The molecule has 4 aromatic carbocycles. The molecule has 0 aliphatic carbocycles. The Morgan fingerprint density at radius 3 is 1.66 bits per heavy atom. The Morgan fingerprint density at radius 2 is 1.10 bits per heavy atom. The lowest BCUT2D eigenvalue weighted by Gasteiger charge is -2.29. The molecule has 2 aliphatic rings. The average Bonchev–Trinajstić information content (AvgIpc) is 4.24. The molecule has 71 heavy (non-hydrogen) atoms. The van der Waals surface area contributed by atoms with E-state index in [9.17, 15) is 9.90 Å². The van der Waals surface area contributed by atoms with Crippen LogP contribution in [0, 0.1) is 11.8 Å². The van der Waals surface area contributed by atoms with Gasteiger partial charge in [0.2, 0.25) is 0 Å². The number of benzene rings is 4. The highest BCUT2D eigenvalue weighted by Gasteiger charge is 2.50. The third-order valence-electron chi connectivity index (χ3n) is 14.6. The van der Waals surface area contributed by atoms with Crippen LogP contribution in [0.1, 0.15) is 132 Å². The number of hydrogen-bond donors (Lipinski definition) is 1. The third-order valence-corrected chi connectivity index (χ3v) is 16.8. The standard InChI is InChI=1S/C61H67N3O5S2/c1-6-11-14-17-36-69-46-29-27-45(28-30-46)64-49-21-16-15-20-47(49)48-37-44(26-31-50(48)64)52-33-35-54(71-52)58-56-55(59(65)63(58)39-41(10-5)19-13-8-3)57(62(60(56)66)38-40(9-4)18-12-7-2)53-34-32-51(70-53)42-22-24-43(25-23-42)61(67)68/h15-16,20-35,37,40-41H,6-14,17-19,36,38-39H2,1-5H3,(H,67,68). The largest absolute Gasteiger partial charge is 0.494 e. The van der Waals surface area contributed by atoms with Crippen LogP contribution >= 0.6 is 22.7 Å². The van der Waals surface area contributed by atoms with Gasteiger partial charge in [-0.3, -0.25) is 9.59 Å². The average molecular weight is 986 g/mol. The summed E-state index contributed by atoms with van der Waals surface area (Å²) < 4.78 is 8.43. The van der Waals surface area contributed by atoms with Crippen molar-refractivity contribution in [1.29, 1.82) is 0 Å². The fourth-order valence-electron chi connectivity index (χ4n) is 10.4. The van der Waals surface area contributed by atoms with Crippen LogP contribution < -0.4 is 4.74 Å². The molecule has 2 amide bonds. The Bertz CT molecular complexity index is 3100. The predicted molar refractivity (Wildman–Crippen MR) is 294 cm³/mol. The van der Waals surface area contributed by atoms with Crippen LogP contribution in [0.15, 0.2) is 126 Å². The van der Waals surface area contributed by atoms with Crippen LogP contribution in [0.25, 0.3) is 59.8 Å². The lowest BCUT2D eigenvalue weighted by Crippen LogP contribution is -2.34. The van der Waals surface area contributed by atoms with Gasteiger partial charge in [0.05, 0.1) is 55.5 Å². The summed E-state index contributed by atoms with van der Waals surface area (Å²) in [6.07, 6.45) is 12.9. The van der Waals surface area contributed by atoms with Crippen molar-refractivity contribution in [3.8, 4) is 32.3 Å². The highest BCUT2D eigenvalue weighted by Crippen LogP contribution is 2.51. The lowest BCUT2D eigenvalue weighted by atomic mass is 9.98. The predicted octanol–water partition coefficient (Wildman–Crippen LogP) is 16.1. The number of carbonyl (C=O) groups is 3. The number of aromatic carboxylic acids is 1. The summed E-state index contributed by atoms with van der Waals surface area (Å²) >= 11 is 3.19. The maximum atomic E-state index is 15.4. The number of aromatic nitrogens is 1. The highest BCUT2D eigenvalue weighted by atomic mass is 32.1. The van der Waals surface area contributed by atoms with Gasteiger partial charge >= 0.3 is 5.97 Å². The molecular formula is C61H67N3O5S2. The fourth-order valence-corrected chi connectivity index (χ4v) is 12.6. The summed E-state index contributed by atoms with van der Waals surface area (Å²) in [5.74, 6) is 0.267. The number of thiophene rings is 2. The van der Waals surface area contributed by atoms with Crippen LogP contribution in [-0.4, -0.2) is 57.0 Å². The molecule has 2 aliphatic heterocycles. The monoisotopic (exact) mass is 985 g/mol. The van der Waals surface area contributed by atoms with Crippen molar-refractivity contribution in [3.63, 3.8) is 0 Å². The smallest absolute Gasteiger partial charge is 0.335 e.